The molecule has 0 aliphatic carbocycles. The van der Waals surface area contributed by atoms with Crippen LogP contribution >= 0.6 is 0 Å². The first-order chi connectivity index (χ1) is 33.1. The van der Waals surface area contributed by atoms with Gasteiger partial charge in [0.25, 0.3) is 0 Å². The molecule has 0 aromatic heterocycles. The van der Waals surface area contributed by atoms with Crippen molar-refractivity contribution in [3.8, 4) is 0 Å². The summed E-state index contributed by atoms with van der Waals surface area (Å²) in [7, 11) is 1.19. The van der Waals surface area contributed by atoms with E-state index in [1.807, 2.05) is 60.7 Å². The predicted molar refractivity (Wildman–Crippen MR) is 226 cm³/mol. The predicted octanol–water partition coefficient (Wildman–Crippen LogP) is 4.00. The van der Waals surface area contributed by atoms with Crippen LogP contribution in [0.1, 0.15) is 24.0 Å². The lowest BCUT2D eigenvalue weighted by atomic mass is 9.97. The Bertz CT molecular complexity index is 2210. The van der Waals surface area contributed by atoms with Crippen LogP contribution in [0.2, 0.25) is 0 Å². The van der Waals surface area contributed by atoms with Gasteiger partial charge >= 0.3 is 6.09 Å². The van der Waals surface area contributed by atoms with Crippen molar-refractivity contribution in [2.75, 3.05) is 26.8 Å². The molecule has 4 fully saturated rings. The Morgan fingerprint density at radius 1 is 0.676 bits per heavy atom. The molecular weight excluding hydrogens is 905 g/mol. The van der Waals surface area contributed by atoms with Gasteiger partial charge in [-0.25, -0.2) is 4.79 Å². The van der Waals surface area contributed by atoms with E-state index in [-0.39, 0.29) is 32.5 Å². The molecule has 0 spiro atoms. The third-order valence-corrected chi connectivity index (χ3v) is 11.3. The second kappa shape index (κ2) is 25.2. The Morgan fingerprint density at radius 3 is 1.93 bits per heavy atom. The molecule has 4 aliphatic heterocycles. The van der Waals surface area contributed by atoms with Crippen molar-refractivity contribution in [3.63, 3.8) is 0 Å². The molecule has 2 aromatic rings. The monoisotopic (exact) mass is 952 g/mol. The number of aliphatic hydroxyl groups excluding tert-OH is 4. The highest BCUT2D eigenvalue weighted by Crippen LogP contribution is 2.38. The van der Waals surface area contributed by atoms with Crippen molar-refractivity contribution < 1.29 is 67.9 Å². The highest BCUT2D eigenvalue weighted by molar-refractivity contribution is 5.67. The molecule has 4 heterocycles. The molecule has 1 amide bonds. The zero-order valence-electron chi connectivity index (χ0n) is 36.1. The minimum Gasteiger partial charge on any atom is -0.445 e. The van der Waals surface area contributed by atoms with Crippen molar-refractivity contribution in [1.29, 1.82) is 0 Å². The molecule has 0 bridgehead atoms. The summed E-state index contributed by atoms with van der Waals surface area (Å²) in [5.41, 5.74) is 48.3. The molecule has 6 rings (SSSR count). The van der Waals surface area contributed by atoms with Gasteiger partial charge in [-0.05, 0) is 51.6 Å². The molecule has 2 aromatic carbocycles. The van der Waals surface area contributed by atoms with E-state index in [2.05, 4.69) is 50.1 Å². The topological polar surface area (TPSA) is 428 Å². The molecule has 0 radical (unpaired) electrons. The average molecular weight is 953 g/mol. The Hall–Kier alpha value is -6.22. The summed E-state index contributed by atoms with van der Waals surface area (Å²) in [6, 6.07) is 15.6. The van der Waals surface area contributed by atoms with E-state index < -0.39 is 124 Å². The first kappa shape index (κ1) is 51.2. The molecular formula is C38H48N16O14. The van der Waals surface area contributed by atoms with Crippen LogP contribution in [0.3, 0.4) is 0 Å². The Labute approximate surface area is 385 Å². The molecule has 68 heavy (non-hydrogen) atoms. The third kappa shape index (κ3) is 12.6. The second-order valence-corrected chi connectivity index (χ2v) is 15.6. The molecule has 30 nitrogen and oxygen atoms in total. The van der Waals surface area contributed by atoms with Crippen LogP contribution in [0.15, 0.2) is 86.2 Å². The van der Waals surface area contributed by atoms with Gasteiger partial charge in [-0.15, -0.1) is 0 Å². The van der Waals surface area contributed by atoms with Crippen molar-refractivity contribution in [1.82, 2.24) is 4.90 Å². The van der Waals surface area contributed by atoms with E-state index in [1.54, 1.807) is 0 Å². The average Bonchev–Trinajstić information content (AvgIpc) is 3.64. The SMILES string of the molecule is CO[C@H]1C(N=[N+]=[N-])OC(N=[N+]=[N-])[C@@H](O[C@H]2O[C@H](CN(Cc3ccccc3)C(=O)OCc3ccccc3)CCC2N=[N+]=[N-])[C@@H]1O[C@@H]1O[C@H](CO)[C@@H](O[C@H]2O[C@@H](CN=[N+]=[N-])[C@@H](O)[C@H](O)C2N=[N+]=[N-])[C@H]1O. The number of azide groups is 5. The molecule has 0 saturated carbocycles. The standard InChI is InChI=1S/C38H48N16O14/c1-60-31-30(66-37-28(58)29(24(17-55)64-37)65-36-25(46-51-41)27(57)26(56)23(63-36)14-44-49-39)32(34(48-53-43)68-33(31)47-52-42)67-35-22(45-50-40)13-12-21(62-35)16-54(15-19-8-4-2-5-9-19)38(59)61-18-20-10-6-3-7-11-20/h2-11,21-37,55-58H,12-18H2,1H3/t21-,22?,23-,24+,25?,26+,27+,28+,29+,30+,31+,32-,33?,34?,35+,36+,37-/m0/s1. The minimum atomic E-state index is -1.87. The summed E-state index contributed by atoms with van der Waals surface area (Å²) in [6.45, 7) is -1.24. The fourth-order valence-corrected chi connectivity index (χ4v) is 8.06. The maximum Gasteiger partial charge on any atom is 0.410 e. The number of amides is 1. The summed E-state index contributed by atoms with van der Waals surface area (Å²) < 4.78 is 53.9. The number of hydrogen-bond acceptors (Lipinski definition) is 19. The number of hydrogen-bond donors (Lipinski definition) is 4. The van der Waals surface area contributed by atoms with Crippen molar-refractivity contribution >= 4 is 6.09 Å². The zero-order valence-corrected chi connectivity index (χ0v) is 36.1. The number of ether oxygens (including phenoxy) is 9. The van der Waals surface area contributed by atoms with E-state index in [0.717, 1.165) is 11.1 Å². The van der Waals surface area contributed by atoms with Crippen molar-refractivity contribution in [2.24, 2.45) is 25.6 Å². The van der Waals surface area contributed by atoms with E-state index in [0.29, 0.717) is 0 Å². The fraction of sp³-hybridized carbons (Fsp3) is 0.658. The second-order valence-electron chi connectivity index (χ2n) is 15.6. The van der Waals surface area contributed by atoms with Crippen LogP contribution < -0.4 is 0 Å². The molecule has 17 atom stereocenters. The van der Waals surface area contributed by atoms with Gasteiger partial charge < -0.3 is 68.0 Å². The van der Waals surface area contributed by atoms with Crippen LogP contribution in [0.25, 0.3) is 52.2 Å². The molecule has 4 N–H and O–H groups in total. The number of carbonyl (C=O) groups excluding carboxylic acids is 1. The number of methoxy groups -OCH3 is 1. The minimum absolute atomic E-state index is 0.00882. The van der Waals surface area contributed by atoms with Crippen LogP contribution in [0, 0.1) is 0 Å². The molecule has 4 saturated heterocycles. The summed E-state index contributed by atoms with van der Waals surface area (Å²) in [5.74, 6) is 0. The molecule has 30 heteroatoms. The molecule has 4 unspecified atom stereocenters. The Kier molecular flexibility index (Phi) is 19.0. The van der Waals surface area contributed by atoms with Gasteiger partial charge in [-0.2, -0.15) is 0 Å². The molecule has 4 aliphatic rings. The van der Waals surface area contributed by atoms with Crippen LogP contribution in [0.5, 0.6) is 0 Å². The van der Waals surface area contributed by atoms with Crippen LogP contribution in [-0.2, 0) is 55.8 Å². The number of nitrogens with zero attached hydrogens (tertiary/aromatic N) is 16. The van der Waals surface area contributed by atoms with Gasteiger partial charge in [0.2, 0.25) is 0 Å². The van der Waals surface area contributed by atoms with E-state index in [4.69, 9.17) is 48.2 Å². The summed E-state index contributed by atoms with van der Waals surface area (Å²) in [5, 5.41) is 61.5. The zero-order chi connectivity index (χ0) is 48.6. The van der Waals surface area contributed by atoms with Gasteiger partial charge in [0.1, 0.15) is 55.4 Å². The van der Waals surface area contributed by atoms with Gasteiger partial charge in [0, 0.05) is 38.2 Å². The summed E-state index contributed by atoms with van der Waals surface area (Å²) >= 11 is 0. The normalized spacial score (nSPS) is 34.3. The maximum atomic E-state index is 13.7. The summed E-state index contributed by atoms with van der Waals surface area (Å²) in [4.78, 5) is 29.0. The lowest BCUT2D eigenvalue weighted by molar-refractivity contribution is -0.326. The number of aliphatic hydroxyl groups is 4. The number of carbonyl (C=O) groups is 1. The lowest BCUT2D eigenvalue weighted by Gasteiger charge is -2.46. The quantitative estimate of drug-likeness (QED) is 0.0828. The first-order valence-corrected chi connectivity index (χ1v) is 21.0. The van der Waals surface area contributed by atoms with E-state index >= 15 is 0 Å². The number of benzene rings is 2. The van der Waals surface area contributed by atoms with Gasteiger partial charge in [0.05, 0.1) is 44.1 Å². The highest BCUT2D eigenvalue weighted by atomic mass is 16.8. The largest absolute Gasteiger partial charge is 0.445 e. The smallest absolute Gasteiger partial charge is 0.410 e. The first-order valence-electron chi connectivity index (χ1n) is 21.0. The number of rotatable bonds is 20. The highest BCUT2D eigenvalue weighted by Gasteiger charge is 2.55. The van der Waals surface area contributed by atoms with Gasteiger partial charge in [-0.1, -0.05) is 86.2 Å². The van der Waals surface area contributed by atoms with Crippen molar-refractivity contribution in [3.05, 3.63) is 124 Å². The fourth-order valence-electron chi connectivity index (χ4n) is 8.06. The van der Waals surface area contributed by atoms with Crippen LogP contribution in [0.4, 0.5) is 4.79 Å². The third-order valence-electron chi connectivity index (χ3n) is 11.3. The van der Waals surface area contributed by atoms with Gasteiger partial charge in [0.15, 0.2) is 31.3 Å². The lowest BCUT2D eigenvalue weighted by Crippen LogP contribution is -2.62. The van der Waals surface area contributed by atoms with Crippen LogP contribution in [-0.4, -0.2) is 163 Å². The molecule has 364 valence electrons. The van der Waals surface area contributed by atoms with Gasteiger partial charge in [-0.3, -0.25) is 0 Å². The Balaban J connectivity index is 1.27. The van der Waals surface area contributed by atoms with E-state index in [9.17, 15) is 47.3 Å². The Morgan fingerprint density at radius 2 is 1.29 bits per heavy atom. The maximum absolute atomic E-state index is 13.7. The van der Waals surface area contributed by atoms with E-state index in [1.165, 1.54) is 12.0 Å². The van der Waals surface area contributed by atoms with Crippen molar-refractivity contribution in [2.45, 2.75) is 130 Å². The summed E-state index contributed by atoms with van der Waals surface area (Å²) in [6.07, 6.45) is -23.7.